The molecule has 0 fully saturated rings. The van der Waals surface area contributed by atoms with Crippen molar-refractivity contribution in [2.24, 2.45) is 10.9 Å². The Labute approximate surface area is 191 Å². The van der Waals surface area contributed by atoms with Crippen molar-refractivity contribution in [3.63, 3.8) is 0 Å². The van der Waals surface area contributed by atoms with Gasteiger partial charge >= 0.3 is 0 Å². The maximum Gasteiger partial charge on any atom is 0.146 e. The summed E-state index contributed by atoms with van der Waals surface area (Å²) in [6, 6.07) is 2.55. The van der Waals surface area contributed by atoms with Crippen molar-refractivity contribution in [1.82, 2.24) is 4.90 Å². The standard InChI is InChI=1S/C27H45N3O/c1-10-13-21(6)17-29-26(30(14-11-2)18-23(12-3)20(4)5)25(16-28)24-15-27(8,9)31-19-22(24)7/h17,21H,10-15,18-19H2,1-9H3/b26-25+,29-17+. The minimum Gasteiger partial charge on any atom is -0.371 e. The first-order valence-electron chi connectivity index (χ1n) is 12.0. The lowest BCUT2D eigenvalue weighted by atomic mass is 9.87. The van der Waals surface area contributed by atoms with Crippen LogP contribution >= 0.6 is 0 Å². The molecule has 0 radical (unpaired) electrons. The summed E-state index contributed by atoms with van der Waals surface area (Å²) in [5.41, 5.74) is 5.45. The van der Waals surface area contributed by atoms with Crippen LogP contribution in [0.25, 0.3) is 0 Å². The Balaban J connectivity index is 3.65. The first-order chi connectivity index (χ1) is 14.6. The summed E-state index contributed by atoms with van der Waals surface area (Å²) >= 11 is 0. The first kappa shape index (κ1) is 27.2. The molecule has 1 atom stereocenters. The van der Waals surface area contributed by atoms with Crippen molar-refractivity contribution < 1.29 is 4.74 Å². The Morgan fingerprint density at radius 2 is 1.94 bits per heavy atom. The van der Waals surface area contributed by atoms with Gasteiger partial charge in [0, 0.05) is 25.7 Å². The molecule has 4 heteroatoms. The van der Waals surface area contributed by atoms with Crippen LogP contribution in [-0.4, -0.2) is 36.4 Å². The smallest absolute Gasteiger partial charge is 0.146 e. The van der Waals surface area contributed by atoms with Crippen molar-refractivity contribution in [3.8, 4) is 6.07 Å². The van der Waals surface area contributed by atoms with Gasteiger partial charge in [-0.25, -0.2) is 4.99 Å². The molecule has 1 aliphatic rings. The van der Waals surface area contributed by atoms with Crippen LogP contribution in [0.4, 0.5) is 0 Å². The first-order valence-corrected chi connectivity index (χ1v) is 12.0. The number of ether oxygens (including phenoxy) is 1. The average molecular weight is 428 g/mol. The highest BCUT2D eigenvalue weighted by Gasteiger charge is 2.30. The fourth-order valence-corrected chi connectivity index (χ4v) is 3.99. The predicted molar refractivity (Wildman–Crippen MR) is 133 cm³/mol. The molecule has 1 rings (SSSR count). The summed E-state index contributed by atoms with van der Waals surface area (Å²) < 4.78 is 5.98. The summed E-state index contributed by atoms with van der Waals surface area (Å²) in [6.45, 7) is 21.7. The Kier molecular flexibility index (Phi) is 11.3. The molecule has 0 aromatic heterocycles. The van der Waals surface area contributed by atoms with Gasteiger partial charge in [0.1, 0.15) is 11.9 Å². The van der Waals surface area contributed by atoms with E-state index in [1.54, 1.807) is 0 Å². The Morgan fingerprint density at radius 3 is 2.45 bits per heavy atom. The quantitative estimate of drug-likeness (QED) is 0.199. The summed E-state index contributed by atoms with van der Waals surface area (Å²) in [4.78, 5) is 7.32. The lowest BCUT2D eigenvalue weighted by molar-refractivity contribution is -0.0136. The van der Waals surface area contributed by atoms with E-state index >= 15 is 0 Å². The minimum absolute atomic E-state index is 0.272. The molecule has 0 aliphatic carbocycles. The SMILES string of the molecule is CCCC(C)/C=N/C(=C(/C#N)C1=C(C)COC(C)(C)C1)N(CCC)CC(CC)=C(C)C. The van der Waals surface area contributed by atoms with E-state index in [1.807, 2.05) is 6.21 Å². The summed E-state index contributed by atoms with van der Waals surface area (Å²) in [5.74, 6) is 1.21. The molecule has 0 saturated heterocycles. The second-order valence-corrected chi connectivity index (χ2v) is 9.72. The molecule has 174 valence electrons. The van der Waals surface area contributed by atoms with E-state index in [1.165, 1.54) is 11.1 Å². The minimum atomic E-state index is -0.272. The summed E-state index contributed by atoms with van der Waals surface area (Å²) in [5, 5.41) is 10.3. The monoisotopic (exact) mass is 427 g/mol. The highest BCUT2D eigenvalue weighted by molar-refractivity contribution is 5.63. The lowest BCUT2D eigenvalue weighted by Crippen LogP contribution is -2.32. The second kappa shape index (κ2) is 12.9. The molecule has 0 N–H and O–H groups in total. The van der Waals surface area contributed by atoms with Crippen LogP contribution in [0.15, 0.2) is 38.7 Å². The normalized spacial score (nSPS) is 17.9. The third-order valence-corrected chi connectivity index (χ3v) is 5.94. The number of nitrogens with zero attached hydrogens (tertiary/aromatic N) is 3. The van der Waals surface area contributed by atoms with Crippen LogP contribution in [0.2, 0.25) is 0 Å². The van der Waals surface area contributed by atoms with Crippen molar-refractivity contribution in [1.29, 1.82) is 5.26 Å². The fourth-order valence-electron chi connectivity index (χ4n) is 3.99. The molecule has 1 heterocycles. The third-order valence-electron chi connectivity index (χ3n) is 5.94. The molecule has 0 aromatic rings. The van der Waals surface area contributed by atoms with E-state index in [4.69, 9.17) is 9.73 Å². The van der Waals surface area contributed by atoms with E-state index in [0.29, 0.717) is 18.1 Å². The van der Waals surface area contributed by atoms with E-state index < -0.39 is 0 Å². The Hall–Kier alpha value is -1.86. The molecule has 0 spiro atoms. The summed E-state index contributed by atoms with van der Waals surface area (Å²) in [6.07, 6.45) is 7.03. The molecular formula is C27H45N3O. The molecule has 0 saturated carbocycles. The number of nitriles is 1. The Bertz CT molecular complexity index is 758. The van der Waals surface area contributed by atoms with Gasteiger partial charge in [0.15, 0.2) is 0 Å². The zero-order valence-corrected chi connectivity index (χ0v) is 21.6. The number of allylic oxidation sites excluding steroid dienone is 2. The maximum atomic E-state index is 10.3. The Morgan fingerprint density at radius 1 is 1.26 bits per heavy atom. The van der Waals surface area contributed by atoms with Gasteiger partial charge in [-0.15, -0.1) is 0 Å². The number of aliphatic imine (C=N–C) groups is 1. The number of hydrogen-bond acceptors (Lipinski definition) is 4. The molecule has 0 aromatic carbocycles. The molecule has 1 aliphatic heterocycles. The van der Waals surface area contributed by atoms with Crippen LogP contribution < -0.4 is 0 Å². The van der Waals surface area contributed by atoms with Gasteiger partial charge in [-0.1, -0.05) is 45.3 Å². The summed E-state index contributed by atoms with van der Waals surface area (Å²) in [7, 11) is 0. The zero-order valence-electron chi connectivity index (χ0n) is 21.6. The van der Waals surface area contributed by atoms with Crippen molar-refractivity contribution in [2.45, 2.75) is 100 Å². The van der Waals surface area contributed by atoms with E-state index in [0.717, 1.165) is 62.2 Å². The zero-order chi connectivity index (χ0) is 23.6. The van der Waals surface area contributed by atoms with Gasteiger partial charge in [0.2, 0.25) is 0 Å². The second-order valence-electron chi connectivity index (χ2n) is 9.72. The van der Waals surface area contributed by atoms with Crippen LogP contribution in [0.1, 0.15) is 94.4 Å². The fraction of sp³-hybridized carbons (Fsp3) is 0.704. The van der Waals surface area contributed by atoms with Gasteiger partial charge in [-0.3, -0.25) is 0 Å². The molecule has 0 amide bonds. The molecule has 4 nitrogen and oxygen atoms in total. The van der Waals surface area contributed by atoms with Gasteiger partial charge < -0.3 is 9.64 Å². The molecule has 0 bridgehead atoms. The van der Waals surface area contributed by atoms with Gasteiger partial charge in [0.05, 0.1) is 17.8 Å². The van der Waals surface area contributed by atoms with Crippen LogP contribution in [0.5, 0.6) is 0 Å². The van der Waals surface area contributed by atoms with Crippen molar-refractivity contribution in [2.75, 3.05) is 19.7 Å². The molecular weight excluding hydrogens is 382 g/mol. The molecule has 1 unspecified atom stereocenters. The topological polar surface area (TPSA) is 48.6 Å². The van der Waals surface area contributed by atoms with Crippen molar-refractivity contribution >= 4 is 6.21 Å². The average Bonchev–Trinajstić information content (AvgIpc) is 2.70. The number of rotatable bonds is 11. The van der Waals surface area contributed by atoms with Gasteiger partial charge in [0.25, 0.3) is 0 Å². The van der Waals surface area contributed by atoms with Crippen LogP contribution in [0.3, 0.4) is 0 Å². The van der Waals surface area contributed by atoms with E-state index in [2.05, 4.69) is 73.3 Å². The largest absolute Gasteiger partial charge is 0.371 e. The highest BCUT2D eigenvalue weighted by atomic mass is 16.5. The number of hydrogen-bond donors (Lipinski definition) is 0. The van der Waals surface area contributed by atoms with Gasteiger partial charge in [-0.05, 0) is 70.9 Å². The lowest BCUT2D eigenvalue weighted by Gasteiger charge is -2.34. The van der Waals surface area contributed by atoms with Gasteiger partial charge in [-0.2, -0.15) is 5.26 Å². The van der Waals surface area contributed by atoms with Crippen LogP contribution in [-0.2, 0) is 4.74 Å². The third kappa shape index (κ3) is 8.30. The predicted octanol–water partition coefficient (Wildman–Crippen LogP) is 7.20. The van der Waals surface area contributed by atoms with Crippen molar-refractivity contribution in [3.05, 3.63) is 33.7 Å². The highest BCUT2D eigenvalue weighted by Crippen LogP contribution is 2.35. The van der Waals surface area contributed by atoms with Crippen LogP contribution in [0, 0.1) is 17.2 Å². The van der Waals surface area contributed by atoms with E-state index in [9.17, 15) is 5.26 Å². The molecule has 31 heavy (non-hydrogen) atoms. The maximum absolute atomic E-state index is 10.3. The van der Waals surface area contributed by atoms with E-state index in [-0.39, 0.29) is 5.60 Å².